The fourth-order valence-electron chi connectivity index (χ4n) is 3.07. The van der Waals surface area contributed by atoms with Crippen LogP contribution < -0.4 is 10.6 Å². The molecule has 2 rings (SSSR count). The van der Waals surface area contributed by atoms with Gasteiger partial charge >= 0.3 is 0 Å². The summed E-state index contributed by atoms with van der Waals surface area (Å²) in [6.45, 7) is 9.41. The number of likely N-dealkylation sites (tertiary alicyclic amines) is 1. The molecular weight excluding hydrogens is 284 g/mol. The van der Waals surface area contributed by atoms with Crippen LogP contribution in [0.4, 0.5) is 0 Å². The molecule has 4 nitrogen and oxygen atoms in total. The van der Waals surface area contributed by atoms with Crippen molar-refractivity contribution >= 4 is 5.96 Å². The number of aliphatic imine (C=N–C) groups is 1. The number of aryl methyl sites for hydroxylation is 1. The summed E-state index contributed by atoms with van der Waals surface area (Å²) >= 11 is 0. The Labute approximate surface area is 141 Å². The van der Waals surface area contributed by atoms with E-state index in [1.165, 1.54) is 37.1 Å². The maximum Gasteiger partial charge on any atom is 0.191 e. The van der Waals surface area contributed by atoms with Crippen LogP contribution in [0.2, 0.25) is 0 Å². The zero-order valence-electron chi connectivity index (χ0n) is 14.9. The number of nitrogens with one attached hydrogen (secondary N) is 2. The Hall–Kier alpha value is -1.55. The SMILES string of the molecule is CCNC(=NCc1ccccc1CC)NCC1CCN(C)CC1. The molecule has 4 heteroatoms. The third-order valence-electron chi connectivity index (χ3n) is 4.65. The lowest BCUT2D eigenvalue weighted by Crippen LogP contribution is -2.42. The van der Waals surface area contributed by atoms with E-state index >= 15 is 0 Å². The molecule has 0 bridgehead atoms. The van der Waals surface area contributed by atoms with E-state index in [4.69, 9.17) is 4.99 Å². The second-order valence-corrected chi connectivity index (χ2v) is 6.44. The van der Waals surface area contributed by atoms with Crippen LogP contribution >= 0.6 is 0 Å². The first-order chi connectivity index (χ1) is 11.2. The topological polar surface area (TPSA) is 39.7 Å². The molecular formula is C19H32N4. The fourth-order valence-corrected chi connectivity index (χ4v) is 3.07. The van der Waals surface area contributed by atoms with E-state index in [9.17, 15) is 0 Å². The predicted octanol–water partition coefficient (Wildman–Crippen LogP) is 2.65. The third-order valence-corrected chi connectivity index (χ3v) is 4.65. The molecule has 0 radical (unpaired) electrons. The van der Waals surface area contributed by atoms with E-state index in [1.54, 1.807) is 0 Å². The van der Waals surface area contributed by atoms with Gasteiger partial charge in [-0.3, -0.25) is 0 Å². The van der Waals surface area contributed by atoms with Crippen molar-refractivity contribution in [1.82, 2.24) is 15.5 Å². The minimum Gasteiger partial charge on any atom is -0.357 e. The zero-order valence-corrected chi connectivity index (χ0v) is 14.9. The predicted molar refractivity (Wildman–Crippen MR) is 98.9 cm³/mol. The summed E-state index contributed by atoms with van der Waals surface area (Å²) < 4.78 is 0. The van der Waals surface area contributed by atoms with Gasteiger partial charge in [-0.15, -0.1) is 0 Å². The maximum atomic E-state index is 4.78. The van der Waals surface area contributed by atoms with Crippen molar-refractivity contribution in [2.45, 2.75) is 39.7 Å². The molecule has 23 heavy (non-hydrogen) atoms. The van der Waals surface area contributed by atoms with E-state index in [0.717, 1.165) is 37.9 Å². The van der Waals surface area contributed by atoms with E-state index in [1.807, 2.05) is 0 Å². The number of nitrogens with zero attached hydrogens (tertiary/aromatic N) is 2. The van der Waals surface area contributed by atoms with E-state index in [-0.39, 0.29) is 0 Å². The molecule has 2 N–H and O–H groups in total. The molecule has 1 aromatic rings. The summed E-state index contributed by atoms with van der Waals surface area (Å²) in [5.74, 6) is 1.70. The molecule has 1 aliphatic rings. The van der Waals surface area contributed by atoms with E-state index in [2.05, 4.69) is 60.7 Å². The first-order valence-corrected chi connectivity index (χ1v) is 9.00. The molecule has 0 aliphatic carbocycles. The van der Waals surface area contributed by atoms with Crippen molar-refractivity contribution in [3.05, 3.63) is 35.4 Å². The summed E-state index contributed by atoms with van der Waals surface area (Å²) in [7, 11) is 2.21. The molecule has 0 atom stereocenters. The van der Waals surface area contributed by atoms with Crippen LogP contribution in [0, 0.1) is 5.92 Å². The van der Waals surface area contributed by atoms with Crippen molar-refractivity contribution in [3.8, 4) is 0 Å². The highest BCUT2D eigenvalue weighted by Gasteiger charge is 2.16. The standard InChI is InChI=1S/C19H32N4/c1-4-17-8-6-7-9-18(17)15-22-19(20-5-2)21-14-16-10-12-23(3)13-11-16/h6-9,16H,4-5,10-15H2,1-3H3,(H2,20,21,22). The molecule has 1 heterocycles. The molecule has 0 amide bonds. The van der Waals surface area contributed by atoms with Gasteiger partial charge < -0.3 is 15.5 Å². The number of piperidine rings is 1. The molecule has 0 spiro atoms. The average molecular weight is 316 g/mol. The van der Waals surface area contributed by atoms with Crippen LogP contribution in [0.15, 0.2) is 29.3 Å². The summed E-state index contributed by atoms with van der Waals surface area (Å²) in [6.07, 6.45) is 3.62. The van der Waals surface area contributed by atoms with Gasteiger partial charge in [0.15, 0.2) is 5.96 Å². The van der Waals surface area contributed by atoms with Gasteiger partial charge in [-0.1, -0.05) is 31.2 Å². The molecule has 128 valence electrons. The van der Waals surface area contributed by atoms with Crippen LogP contribution in [-0.2, 0) is 13.0 Å². The molecule has 1 aliphatic heterocycles. The van der Waals surface area contributed by atoms with Crippen LogP contribution in [0.1, 0.15) is 37.8 Å². The molecule has 0 aromatic heterocycles. The van der Waals surface area contributed by atoms with Crippen molar-refractivity contribution in [2.24, 2.45) is 10.9 Å². The molecule has 1 aromatic carbocycles. The monoisotopic (exact) mass is 316 g/mol. The first kappa shape index (κ1) is 17.8. The summed E-state index contributed by atoms with van der Waals surface area (Å²) in [5, 5.41) is 6.90. The number of benzene rings is 1. The van der Waals surface area contributed by atoms with Gasteiger partial charge in [-0.25, -0.2) is 4.99 Å². The minimum absolute atomic E-state index is 0.743. The van der Waals surface area contributed by atoms with Crippen LogP contribution in [0.3, 0.4) is 0 Å². The fraction of sp³-hybridized carbons (Fsp3) is 0.632. The average Bonchev–Trinajstić information content (AvgIpc) is 2.59. The second-order valence-electron chi connectivity index (χ2n) is 6.44. The third kappa shape index (κ3) is 5.87. The Morgan fingerprint density at radius 3 is 2.48 bits per heavy atom. The van der Waals surface area contributed by atoms with Crippen LogP contribution in [0.25, 0.3) is 0 Å². The van der Waals surface area contributed by atoms with Crippen molar-refractivity contribution in [3.63, 3.8) is 0 Å². The van der Waals surface area contributed by atoms with Gasteiger partial charge in [-0.05, 0) is 63.4 Å². The Morgan fingerprint density at radius 2 is 1.83 bits per heavy atom. The van der Waals surface area contributed by atoms with Gasteiger partial charge in [0.2, 0.25) is 0 Å². The Bertz CT molecular complexity index is 490. The number of hydrogen-bond acceptors (Lipinski definition) is 2. The van der Waals surface area contributed by atoms with Gasteiger partial charge in [0.1, 0.15) is 0 Å². The normalized spacial score (nSPS) is 17.3. The second kappa shape index (κ2) is 9.56. The number of rotatable bonds is 6. The highest BCUT2D eigenvalue weighted by atomic mass is 15.2. The summed E-state index contributed by atoms with van der Waals surface area (Å²) in [5.41, 5.74) is 2.72. The van der Waals surface area contributed by atoms with Gasteiger partial charge in [0, 0.05) is 13.1 Å². The van der Waals surface area contributed by atoms with Crippen LogP contribution in [0.5, 0.6) is 0 Å². The lowest BCUT2D eigenvalue weighted by molar-refractivity contribution is 0.220. The van der Waals surface area contributed by atoms with Crippen molar-refractivity contribution < 1.29 is 0 Å². The Kier molecular flexibility index (Phi) is 7.40. The molecule has 0 saturated carbocycles. The smallest absolute Gasteiger partial charge is 0.191 e. The minimum atomic E-state index is 0.743. The Morgan fingerprint density at radius 1 is 1.13 bits per heavy atom. The highest BCUT2D eigenvalue weighted by Crippen LogP contribution is 2.14. The lowest BCUT2D eigenvalue weighted by Gasteiger charge is -2.29. The molecule has 1 saturated heterocycles. The number of hydrogen-bond donors (Lipinski definition) is 2. The van der Waals surface area contributed by atoms with Gasteiger partial charge in [0.25, 0.3) is 0 Å². The molecule has 0 unspecified atom stereocenters. The van der Waals surface area contributed by atoms with Gasteiger partial charge in [-0.2, -0.15) is 0 Å². The highest BCUT2D eigenvalue weighted by molar-refractivity contribution is 5.79. The maximum absolute atomic E-state index is 4.78. The van der Waals surface area contributed by atoms with Crippen LogP contribution in [-0.4, -0.2) is 44.1 Å². The lowest BCUT2D eigenvalue weighted by atomic mass is 9.97. The molecule has 1 fully saturated rings. The zero-order chi connectivity index (χ0) is 16.5. The largest absolute Gasteiger partial charge is 0.357 e. The quantitative estimate of drug-likeness (QED) is 0.626. The van der Waals surface area contributed by atoms with Crippen molar-refractivity contribution in [1.29, 1.82) is 0 Å². The Balaban J connectivity index is 1.89. The number of guanidine groups is 1. The van der Waals surface area contributed by atoms with Crippen molar-refractivity contribution in [2.75, 3.05) is 33.2 Å². The van der Waals surface area contributed by atoms with E-state index in [0.29, 0.717) is 0 Å². The summed E-state index contributed by atoms with van der Waals surface area (Å²) in [4.78, 5) is 7.19. The first-order valence-electron chi connectivity index (χ1n) is 9.00. The van der Waals surface area contributed by atoms with E-state index < -0.39 is 0 Å². The summed E-state index contributed by atoms with van der Waals surface area (Å²) in [6, 6.07) is 8.59. The van der Waals surface area contributed by atoms with Gasteiger partial charge in [0.05, 0.1) is 6.54 Å².